The molecule has 0 radical (unpaired) electrons. The van der Waals surface area contributed by atoms with Crippen molar-refractivity contribution in [3.8, 4) is 0 Å². The summed E-state index contributed by atoms with van der Waals surface area (Å²) in [5, 5.41) is 1.46. The normalized spacial score (nSPS) is 16.5. The minimum atomic E-state index is -1.52. The number of hydrogen-bond donors (Lipinski definition) is 1. The van der Waals surface area contributed by atoms with Crippen LogP contribution in [-0.4, -0.2) is 31.6 Å². The Morgan fingerprint density at radius 3 is 2.50 bits per heavy atom. The third-order valence-electron chi connectivity index (χ3n) is 6.50. The van der Waals surface area contributed by atoms with Crippen LogP contribution in [0.4, 0.5) is 0 Å². The Kier molecular flexibility index (Phi) is 7.55. The maximum Gasteiger partial charge on any atom is 0.225 e. The lowest BCUT2D eigenvalue weighted by Crippen LogP contribution is -2.43. The Morgan fingerprint density at radius 1 is 1.20 bits per heavy atom. The van der Waals surface area contributed by atoms with Gasteiger partial charge in [-0.25, -0.2) is 0 Å². The van der Waals surface area contributed by atoms with Crippen LogP contribution in [0.3, 0.4) is 0 Å². The number of piperidine rings is 1. The van der Waals surface area contributed by atoms with Gasteiger partial charge < -0.3 is 10.6 Å². The number of hydrogen-bond acceptors (Lipinski definition) is 2. The Labute approximate surface area is 185 Å². The predicted molar refractivity (Wildman–Crippen MR) is 134 cm³/mol. The second-order valence-corrected chi connectivity index (χ2v) is 17.8. The Hall–Kier alpha value is -1.48. The molecule has 3 nitrogen and oxygen atoms in total. The largest absolute Gasteiger partial charge is 0.342 e. The zero-order chi connectivity index (χ0) is 21.9. The van der Waals surface area contributed by atoms with Gasteiger partial charge in [-0.2, -0.15) is 0 Å². The summed E-state index contributed by atoms with van der Waals surface area (Å²) in [6, 6.07) is 15.2. The van der Waals surface area contributed by atoms with Gasteiger partial charge in [0.15, 0.2) is 0 Å². The maximum atomic E-state index is 13.2. The number of nitrogens with two attached hydrogens (primary N) is 1. The van der Waals surface area contributed by atoms with Crippen molar-refractivity contribution in [1.29, 1.82) is 0 Å². The van der Waals surface area contributed by atoms with Gasteiger partial charge in [0, 0.05) is 25.6 Å². The van der Waals surface area contributed by atoms with Crippen LogP contribution in [0.5, 0.6) is 0 Å². The molecule has 1 amide bonds. The monoisotopic (exact) mass is 440 g/mol. The molecule has 0 aromatic heterocycles. The lowest BCUT2D eigenvalue weighted by atomic mass is 9.87. The van der Waals surface area contributed by atoms with Crippen LogP contribution in [0.15, 0.2) is 42.5 Å². The molecule has 0 saturated carbocycles. The van der Waals surface area contributed by atoms with Crippen molar-refractivity contribution >= 4 is 27.6 Å². The molecule has 0 aliphatic carbocycles. The Morgan fingerprint density at radius 2 is 1.87 bits per heavy atom. The van der Waals surface area contributed by atoms with E-state index in [2.05, 4.69) is 83.1 Å². The first kappa shape index (κ1) is 23.2. The molecular weight excluding hydrogens is 403 g/mol. The molecule has 2 unspecified atom stereocenters. The third-order valence-corrected chi connectivity index (χ3v) is 9.29. The lowest BCUT2D eigenvalue weighted by molar-refractivity contribution is -0.136. The van der Waals surface area contributed by atoms with Crippen molar-refractivity contribution in [2.45, 2.75) is 58.7 Å². The zero-order valence-corrected chi connectivity index (χ0v) is 21.1. The fraction of sp³-hybridized carbons (Fsp3) is 0.480. The van der Waals surface area contributed by atoms with E-state index in [4.69, 9.17) is 5.73 Å². The van der Waals surface area contributed by atoms with Gasteiger partial charge in [-0.3, -0.25) is 4.79 Å². The van der Waals surface area contributed by atoms with Gasteiger partial charge in [-0.15, -0.1) is 8.79 Å². The van der Waals surface area contributed by atoms with Crippen molar-refractivity contribution in [3.63, 3.8) is 0 Å². The van der Waals surface area contributed by atoms with E-state index in [1.807, 2.05) is 0 Å². The Bertz CT molecular complexity index is 885. The number of aryl methyl sites for hydroxylation is 1. The average molecular weight is 441 g/mol. The molecule has 2 aromatic carbocycles. The van der Waals surface area contributed by atoms with E-state index in [0.29, 0.717) is 18.4 Å². The highest BCUT2D eigenvalue weighted by atomic mass is 31.3. The number of carbonyl (C=O) groups is 1. The van der Waals surface area contributed by atoms with Crippen molar-refractivity contribution < 1.29 is 4.79 Å². The van der Waals surface area contributed by atoms with Crippen LogP contribution in [0.25, 0.3) is 0 Å². The van der Waals surface area contributed by atoms with E-state index >= 15 is 0 Å². The van der Waals surface area contributed by atoms with Crippen molar-refractivity contribution in [3.05, 3.63) is 64.7 Å². The highest BCUT2D eigenvalue weighted by Gasteiger charge is 2.29. The lowest BCUT2D eigenvalue weighted by Gasteiger charge is -2.34. The van der Waals surface area contributed by atoms with Gasteiger partial charge in [-0.1, -0.05) is 67.7 Å². The summed E-state index contributed by atoms with van der Waals surface area (Å²) in [4.78, 5) is 15.3. The fourth-order valence-electron chi connectivity index (χ4n) is 4.69. The molecule has 2 N–H and O–H groups in total. The SMILES string of the molecule is Cc1cccc([Si](C)(C)P)c1CC(C)C(=O)N1CCC(c2cccc(CN)c2)CC1. The summed E-state index contributed by atoms with van der Waals surface area (Å²) in [6.45, 7) is 11.3. The van der Waals surface area contributed by atoms with Crippen LogP contribution in [0.1, 0.15) is 47.9 Å². The first-order chi connectivity index (χ1) is 14.2. The number of amides is 1. The summed E-state index contributed by atoms with van der Waals surface area (Å²) in [7, 11) is 1.56. The van der Waals surface area contributed by atoms with E-state index < -0.39 is 7.74 Å². The minimum absolute atomic E-state index is 0.0170. The van der Waals surface area contributed by atoms with Gasteiger partial charge in [0.2, 0.25) is 5.91 Å². The van der Waals surface area contributed by atoms with Crippen LogP contribution in [-0.2, 0) is 17.8 Å². The quantitative estimate of drug-likeness (QED) is 0.537. The standard InChI is InChI=1S/C25H37N2OPSi/c1-18-7-5-10-24(30(3,4)29)23(18)15-19(2)25(28)27-13-11-21(12-14-27)22-9-6-8-20(16-22)17-26/h5-10,16,19,21H,11-15,17,26,29H2,1-4H3. The molecule has 0 bridgehead atoms. The first-order valence-electron chi connectivity index (χ1n) is 11.2. The van der Waals surface area contributed by atoms with Crippen LogP contribution < -0.4 is 10.9 Å². The molecule has 0 spiro atoms. The van der Waals surface area contributed by atoms with E-state index in [-0.39, 0.29) is 5.92 Å². The van der Waals surface area contributed by atoms with Crippen LogP contribution in [0.2, 0.25) is 13.1 Å². The van der Waals surface area contributed by atoms with Gasteiger partial charge in [0.1, 0.15) is 7.74 Å². The van der Waals surface area contributed by atoms with Crippen molar-refractivity contribution in [1.82, 2.24) is 4.90 Å². The number of carbonyl (C=O) groups excluding carboxylic acids is 1. The summed E-state index contributed by atoms with van der Waals surface area (Å²) >= 11 is 0. The van der Waals surface area contributed by atoms with Gasteiger partial charge in [-0.05, 0) is 54.4 Å². The number of nitrogens with zero attached hydrogens (tertiary/aromatic N) is 1. The van der Waals surface area contributed by atoms with Crippen LogP contribution in [0, 0.1) is 12.8 Å². The molecule has 1 heterocycles. The average Bonchev–Trinajstić information content (AvgIpc) is 2.74. The Balaban J connectivity index is 1.64. The van der Waals surface area contributed by atoms with Crippen molar-refractivity contribution in [2.24, 2.45) is 11.7 Å². The van der Waals surface area contributed by atoms with E-state index in [1.54, 1.807) is 0 Å². The molecule has 30 heavy (non-hydrogen) atoms. The van der Waals surface area contributed by atoms with Crippen molar-refractivity contribution in [2.75, 3.05) is 13.1 Å². The number of likely N-dealkylation sites (tertiary alicyclic amines) is 1. The molecule has 2 atom stereocenters. The predicted octanol–water partition coefficient (Wildman–Crippen LogP) is 4.33. The summed E-state index contributed by atoms with van der Waals surface area (Å²) in [6.07, 6.45) is 2.91. The first-order valence-corrected chi connectivity index (χ1v) is 16.0. The van der Waals surface area contributed by atoms with Crippen LogP contribution >= 0.6 is 8.79 Å². The maximum absolute atomic E-state index is 13.2. The molecule has 3 rings (SSSR count). The highest BCUT2D eigenvalue weighted by Crippen LogP contribution is 2.29. The minimum Gasteiger partial charge on any atom is -0.342 e. The topological polar surface area (TPSA) is 46.3 Å². The molecule has 1 fully saturated rings. The van der Waals surface area contributed by atoms with E-state index in [9.17, 15) is 4.79 Å². The molecule has 2 aromatic rings. The third kappa shape index (κ3) is 5.41. The van der Waals surface area contributed by atoms with E-state index in [1.165, 1.54) is 27.4 Å². The molecule has 162 valence electrons. The van der Waals surface area contributed by atoms with Gasteiger partial charge >= 0.3 is 0 Å². The molecular formula is C25H37N2OPSi. The number of benzene rings is 2. The van der Waals surface area contributed by atoms with E-state index in [0.717, 1.165) is 32.4 Å². The zero-order valence-electron chi connectivity index (χ0n) is 18.9. The highest BCUT2D eigenvalue weighted by molar-refractivity contribution is 7.71. The number of rotatable bonds is 6. The summed E-state index contributed by atoms with van der Waals surface area (Å²) in [5.41, 5.74) is 11.1. The summed E-state index contributed by atoms with van der Waals surface area (Å²) in [5.74, 6) is 0.854. The second-order valence-electron chi connectivity index (χ2n) is 9.48. The molecule has 1 saturated heterocycles. The molecule has 1 aliphatic rings. The smallest absolute Gasteiger partial charge is 0.225 e. The molecule has 1 aliphatic heterocycles. The molecule has 5 heteroatoms. The van der Waals surface area contributed by atoms with Gasteiger partial charge in [0.05, 0.1) is 0 Å². The van der Waals surface area contributed by atoms with Gasteiger partial charge in [0.25, 0.3) is 0 Å². The summed E-state index contributed by atoms with van der Waals surface area (Å²) < 4.78 is 0. The second kappa shape index (κ2) is 9.76. The fourth-order valence-corrected chi connectivity index (χ4v) is 7.10.